The zero-order valence-corrected chi connectivity index (χ0v) is 8.15. The number of allylic oxidation sites excluding steroid dienone is 2. The molecule has 0 aromatic heterocycles. The Balaban J connectivity index is 2.42. The van der Waals surface area contributed by atoms with Crippen molar-refractivity contribution in [2.75, 3.05) is 0 Å². The van der Waals surface area contributed by atoms with Crippen molar-refractivity contribution < 1.29 is 12.9 Å². The second-order valence-corrected chi connectivity index (χ2v) is 3.00. The zero-order valence-electron chi connectivity index (χ0n) is 7.33. The van der Waals surface area contributed by atoms with Crippen LogP contribution in [0, 0.1) is 0 Å². The van der Waals surface area contributed by atoms with Gasteiger partial charge in [0.25, 0.3) is 0 Å². The van der Waals surface area contributed by atoms with Crippen molar-refractivity contribution in [3.8, 4) is 0 Å². The van der Waals surface area contributed by atoms with Crippen LogP contribution in [0.2, 0.25) is 0 Å². The minimum atomic E-state index is -2.48. The lowest BCUT2D eigenvalue weighted by molar-refractivity contribution is 0.405. The van der Waals surface area contributed by atoms with E-state index in [1.165, 1.54) is 6.08 Å². The van der Waals surface area contributed by atoms with Gasteiger partial charge in [-0.25, -0.2) is 4.21 Å². The van der Waals surface area contributed by atoms with Gasteiger partial charge in [-0.3, -0.25) is 0 Å². The molecule has 1 rings (SSSR count). The summed E-state index contributed by atoms with van der Waals surface area (Å²) in [5.41, 5.74) is 1.04. The first kappa shape index (κ1) is 10.7. The van der Waals surface area contributed by atoms with E-state index >= 15 is 0 Å². The Labute approximate surface area is 85.2 Å². The summed E-state index contributed by atoms with van der Waals surface area (Å²) in [6.07, 6.45) is 6.14. The molecule has 3 nitrogen and oxygen atoms in total. The van der Waals surface area contributed by atoms with E-state index in [-0.39, 0.29) is 0 Å². The van der Waals surface area contributed by atoms with Gasteiger partial charge in [0.15, 0.2) is 0 Å². The third-order valence-electron chi connectivity index (χ3n) is 1.41. The maximum absolute atomic E-state index is 9.93. The van der Waals surface area contributed by atoms with Gasteiger partial charge in [-0.2, -0.15) is 0 Å². The summed E-state index contributed by atoms with van der Waals surface area (Å²) in [7, 11) is 0. The second-order valence-electron chi connectivity index (χ2n) is 2.40. The van der Waals surface area contributed by atoms with Gasteiger partial charge >= 0.3 is 0 Å². The third kappa shape index (κ3) is 4.59. The lowest BCUT2D eigenvalue weighted by Crippen LogP contribution is -1.85. The molecule has 1 aromatic rings. The quantitative estimate of drug-likeness (QED) is 0.433. The molecule has 0 N–H and O–H groups in total. The first-order chi connectivity index (χ1) is 6.79. The van der Waals surface area contributed by atoms with E-state index in [1.54, 1.807) is 6.08 Å². The van der Waals surface area contributed by atoms with Gasteiger partial charge in [0.1, 0.15) is 17.6 Å². The summed E-state index contributed by atoms with van der Waals surface area (Å²) in [6.45, 7) is 0. The highest BCUT2D eigenvalue weighted by atomic mass is 32.2. The van der Waals surface area contributed by atoms with E-state index in [0.29, 0.717) is 0 Å². The Hall–Kier alpha value is -1.39. The first-order valence-electron chi connectivity index (χ1n) is 3.94. The predicted molar refractivity (Wildman–Crippen MR) is 54.6 cm³/mol. The number of hydrogen-bond donors (Lipinski definition) is 0. The molecule has 0 bridgehead atoms. The molecule has 0 amide bonds. The van der Waals surface area contributed by atoms with E-state index in [9.17, 15) is 8.76 Å². The van der Waals surface area contributed by atoms with Crippen LogP contribution in [0.15, 0.2) is 48.7 Å². The Morgan fingerprint density at radius 2 is 1.93 bits per heavy atom. The largest absolute Gasteiger partial charge is 0.740 e. The molecular weight excluding hydrogens is 200 g/mol. The highest BCUT2D eigenvalue weighted by Crippen LogP contribution is 2.00. The molecule has 0 saturated heterocycles. The standard InChI is InChI=1S/C10H10O3S/c11-14(12)13-9-5-4-8-10-6-2-1-3-7-10/h1-9H,(H,11,12)/p-1. The monoisotopic (exact) mass is 209 g/mol. The molecule has 0 aliphatic carbocycles. The van der Waals surface area contributed by atoms with Crippen LogP contribution in [0.1, 0.15) is 5.56 Å². The molecule has 0 saturated carbocycles. The molecule has 0 heterocycles. The van der Waals surface area contributed by atoms with Gasteiger partial charge in [0.05, 0.1) is 0 Å². The highest BCUT2D eigenvalue weighted by molar-refractivity contribution is 7.74. The lowest BCUT2D eigenvalue weighted by Gasteiger charge is -1.98. The number of hydrogen-bond acceptors (Lipinski definition) is 3. The van der Waals surface area contributed by atoms with Crippen molar-refractivity contribution in [2.45, 2.75) is 0 Å². The summed E-state index contributed by atoms with van der Waals surface area (Å²) in [5, 5.41) is 0. The molecule has 0 radical (unpaired) electrons. The molecule has 0 spiro atoms. The van der Waals surface area contributed by atoms with Crippen LogP contribution in [-0.2, 0) is 15.5 Å². The van der Waals surface area contributed by atoms with E-state index in [2.05, 4.69) is 4.18 Å². The van der Waals surface area contributed by atoms with Crippen molar-refractivity contribution in [1.82, 2.24) is 0 Å². The minimum absolute atomic E-state index is 1.04. The number of benzene rings is 1. The van der Waals surface area contributed by atoms with Gasteiger partial charge in [-0.1, -0.05) is 42.5 Å². The Morgan fingerprint density at radius 3 is 2.57 bits per heavy atom. The van der Waals surface area contributed by atoms with Crippen LogP contribution in [0.5, 0.6) is 0 Å². The highest BCUT2D eigenvalue weighted by Gasteiger charge is 1.79. The summed E-state index contributed by atoms with van der Waals surface area (Å²) in [6, 6.07) is 9.66. The molecule has 0 aliphatic heterocycles. The average molecular weight is 209 g/mol. The summed E-state index contributed by atoms with van der Waals surface area (Å²) in [4.78, 5) is 0. The van der Waals surface area contributed by atoms with Gasteiger partial charge in [-0.15, -0.1) is 0 Å². The fourth-order valence-corrected chi connectivity index (χ4v) is 1.01. The molecule has 4 heteroatoms. The fourth-order valence-electron chi connectivity index (χ4n) is 0.854. The van der Waals surface area contributed by atoms with Crippen molar-refractivity contribution in [3.63, 3.8) is 0 Å². The maximum Gasteiger partial charge on any atom is 0.138 e. The average Bonchev–Trinajstić information content (AvgIpc) is 2.18. The van der Waals surface area contributed by atoms with Crippen LogP contribution < -0.4 is 0 Å². The maximum atomic E-state index is 9.93. The minimum Gasteiger partial charge on any atom is -0.740 e. The van der Waals surface area contributed by atoms with Crippen LogP contribution >= 0.6 is 0 Å². The van der Waals surface area contributed by atoms with E-state index in [0.717, 1.165) is 11.8 Å². The molecule has 14 heavy (non-hydrogen) atoms. The van der Waals surface area contributed by atoms with Crippen LogP contribution in [0.4, 0.5) is 0 Å². The molecule has 1 unspecified atom stereocenters. The molecule has 0 aliphatic rings. The van der Waals surface area contributed by atoms with Gasteiger partial charge in [-0.05, 0) is 11.6 Å². The summed E-state index contributed by atoms with van der Waals surface area (Å²) < 4.78 is 24.0. The Bertz CT molecular complexity index is 344. The molecule has 0 fully saturated rings. The molecule has 1 atom stereocenters. The topological polar surface area (TPSA) is 49.4 Å². The third-order valence-corrected chi connectivity index (χ3v) is 1.68. The van der Waals surface area contributed by atoms with Gasteiger partial charge in [0, 0.05) is 0 Å². The fraction of sp³-hybridized carbons (Fsp3) is 0. The molecular formula is C10H9O3S-. The zero-order chi connectivity index (χ0) is 10.2. The van der Waals surface area contributed by atoms with Crippen molar-refractivity contribution >= 4 is 17.4 Å². The van der Waals surface area contributed by atoms with Gasteiger partial charge in [0.2, 0.25) is 0 Å². The van der Waals surface area contributed by atoms with Gasteiger partial charge < -0.3 is 8.74 Å². The van der Waals surface area contributed by atoms with E-state index < -0.39 is 11.4 Å². The summed E-state index contributed by atoms with van der Waals surface area (Å²) in [5.74, 6) is 0. The van der Waals surface area contributed by atoms with Crippen LogP contribution in [0.3, 0.4) is 0 Å². The predicted octanol–water partition coefficient (Wildman–Crippen LogP) is 2.02. The number of rotatable bonds is 4. The van der Waals surface area contributed by atoms with Crippen molar-refractivity contribution in [1.29, 1.82) is 0 Å². The SMILES string of the molecule is O=S([O-])OC=CC=Cc1ccccc1. The molecule has 1 aromatic carbocycles. The Morgan fingerprint density at radius 1 is 1.21 bits per heavy atom. The van der Waals surface area contributed by atoms with Crippen LogP contribution in [-0.4, -0.2) is 8.76 Å². The van der Waals surface area contributed by atoms with Crippen molar-refractivity contribution in [3.05, 3.63) is 54.3 Å². The second kappa shape index (κ2) is 6.12. The summed E-state index contributed by atoms with van der Waals surface area (Å²) >= 11 is -2.48. The van der Waals surface area contributed by atoms with E-state index in [4.69, 9.17) is 0 Å². The smallest absolute Gasteiger partial charge is 0.138 e. The first-order valence-corrected chi connectivity index (χ1v) is 4.94. The molecule has 74 valence electrons. The van der Waals surface area contributed by atoms with E-state index in [1.807, 2.05) is 36.4 Å². The van der Waals surface area contributed by atoms with Crippen molar-refractivity contribution in [2.24, 2.45) is 0 Å². The lowest BCUT2D eigenvalue weighted by atomic mass is 10.2. The Kier molecular flexibility index (Phi) is 4.68. The normalized spacial score (nSPS) is 13.5. The van der Waals surface area contributed by atoms with Crippen LogP contribution in [0.25, 0.3) is 6.08 Å².